The first-order chi connectivity index (χ1) is 31.7. The zero-order valence-electron chi connectivity index (χ0n) is 34.6. The molecule has 16 rings (SSSR count). The maximum atomic E-state index is 3.96. The molecule has 0 atom stereocenters. The van der Waals surface area contributed by atoms with E-state index < -0.39 is 0 Å². The van der Waals surface area contributed by atoms with E-state index in [2.05, 4.69) is 216 Å². The van der Waals surface area contributed by atoms with Crippen molar-refractivity contribution in [1.29, 1.82) is 0 Å². The van der Waals surface area contributed by atoms with Gasteiger partial charge in [0.2, 0.25) is 0 Å². The van der Waals surface area contributed by atoms with Gasteiger partial charge in [0, 0.05) is 43.7 Å². The molecule has 0 saturated heterocycles. The number of rotatable bonds is 1. The highest BCUT2D eigenvalue weighted by molar-refractivity contribution is 6.18. The van der Waals surface area contributed by atoms with Crippen LogP contribution >= 0.6 is 0 Å². The summed E-state index contributed by atoms with van der Waals surface area (Å²) < 4.78 is 0. The molecular weight excluding hydrogens is 773 g/mol. The molecule has 2 heteroatoms. The minimum atomic E-state index is -0.362. The lowest BCUT2D eigenvalue weighted by atomic mass is 9.70. The lowest BCUT2D eigenvalue weighted by Gasteiger charge is -2.30. The molecule has 2 spiro atoms. The predicted octanol–water partition coefficient (Wildman–Crippen LogP) is 15.3. The Morgan fingerprint density at radius 2 is 0.562 bits per heavy atom. The number of benzene rings is 10. The average Bonchev–Trinajstić information content (AvgIpc) is 4.18. The summed E-state index contributed by atoms with van der Waals surface area (Å²) in [6.07, 6.45) is 0. The number of fused-ring (bicyclic) bond motifs is 28. The van der Waals surface area contributed by atoms with Crippen LogP contribution in [0.2, 0.25) is 0 Å². The lowest BCUT2D eigenvalue weighted by Crippen LogP contribution is -2.25. The second-order valence-electron chi connectivity index (χ2n) is 18.4. The van der Waals surface area contributed by atoms with Crippen molar-refractivity contribution in [3.8, 4) is 55.6 Å². The second-order valence-corrected chi connectivity index (χ2v) is 18.4. The Hall–Kier alpha value is -8.20. The summed E-state index contributed by atoms with van der Waals surface area (Å²) in [5, 5.41) is 5.01. The third-order valence-electron chi connectivity index (χ3n) is 15.8. The number of aromatic amines is 2. The van der Waals surface area contributed by atoms with E-state index in [0.29, 0.717) is 0 Å². The molecule has 2 N–H and O–H groups in total. The quantitative estimate of drug-likeness (QED) is 0.166. The lowest BCUT2D eigenvalue weighted by molar-refractivity contribution is 0.794. The van der Waals surface area contributed by atoms with Crippen molar-refractivity contribution in [2.75, 3.05) is 0 Å². The number of hydrogen-bond acceptors (Lipinski definition) is 0. The van der Waals surface area contributed by atoms with Crippen LogP contribution in [0.15, 0.2) is 206 Å². The topological polar surface area (TPSA) is 31.6 Å². The zero-order valence-corrected chi connectivity index (χ0v) is 34.6. The Labute approximate surface area is 369 Å². The van der Waals surface area contributed by atoms with Gasteiger partial charge in [0.25, 0.3) is 0 Å². The molecule has 0 fully saturated rings. The normalized spacial score (nSPS) is 14.8. The molecule has 64 heavy (non-hydrogen) atoms. The molecule has 0 unspecified atom stereocenters. The fourth-order valence-corrected chi connectivity index (χ4v) is 13.5. The highest BCUT2D eigenvalue weighted by atomic mass is 14.7. The SMILES string of the molecule is c1ccc2c(c1)-c1ccccc1C21c2ccccc2-c2c1ccc1c2[nH]c2ccc(-c3ccc4[nH]c5c6c(ccc5c4c3)C3(c4ccccc4-c4ccccc43)c3ccccc3-6)cc21. The summed E-state index contributed by atoms with van der Waals surface area (Å²) in [7, 11) is 0. The summed E-state index contributed by atoms with van der Waals surface area (Å²) in [5.41, 5.74) is 28.0. The maximum Gasteiger partial charge on any atom is 0.0726 e. The van der Waals surface area contributed by atoms with Crippen LogP contribution in [0.25, 0.3) is 99.2 Å². The summed E-state index contributed by atoms with van der Waals surface area (Å²) in [5.74, 6) is 0. The molecule has 2 aromatic heterocycles. The Bertz CT molecular complexity index is 3740. The van der Waals surface area contributed by atoms with Gasteiger partial charge in [-0.25, -0.2) is 0 Å². The number of H-pyrrole nitrogens is 2. The second kappa shape index (κ2) is 11.4. The van der Waals surface area contributed by atoms with Crippen molar-refractivity contribution < 1.29 is 0 Å². The van der Waals surface area contributed by atoms with Crippen molar-refractivity contribution in [3.05, 3.63) is 251 Å². The molecule has 0 amide bonds. The summed E-state index contributed by atoms with van der Waals surface area (Å²) in [4.78, 5) is 7.92. The number of hydrogen-bond donors (Lipinski definition) is 2. The predicted molar refractivity (Wildman–Crippen MR) is 263 cm³/mol. The minimum Gasteiger partial charge on any atom is -0.354 e. The van der Waals surface area contributed by atoms with Gasteiger partial charge in [0.05, 0.1) is 21.9 Å². The molecule has 0 bridgehead atoms. The third-order valence-corrected chi connectivity index (χ3v) is 15.8. The Morgan fingerprint density at radius 3 is 0.922 bits per heavy atom. The molecule has 4 aliphatic carbocycles. The molecular formula is C62H36N2. The summed E-state index contributed by atoms with van der Waals surface area (Å²) in [6.45, 7) is 0. The van der Waals surface area contributed by atoms with Gasteiger partial charge in [-0.3, -0.25) is 0 Å². The average molecular weight is 809 g/mol. The standard InChI is InChI=1S/C62H36N2/c1-7-19-47-37(13-1)38-14-2-8-20-48(38)61(47)51-23-11-5-17-43(51)57-53(61)29-27-41-45-33-35(25-31-55(45)63-59(41)57)36-26-32-56-46(34-36)42-28-30-54-58(60(42)64-56)44-18-6-12-24-52(44)62(54)49-21-9-3-15-39(49)40-16-4-10-22-50(40)62/h1-34,63-64H. The van der Waals surface area contributed by atoms with E-state index in [1.54, 1.807) is 0 Å². The zero-order chi connectivity index (χ0) is 41.5. The van der Waals surface area contributed by atoms with E-state index in [4.69, 9.17) is 0 Å². The molecule has 10 aromatic carbocycles. The summed E-state index contributed by atoms with van der Waals surface area (Å²) in [6, 6.07) is 77.9. The van der Waals surface area contributed by atoms with E-state index in [-0.39, 0.29) is 10.8 Å². The van der Waals surface area contributed by atoms with E-state index in [1.807, 2.05) is 0 Å². The van der Waals surface area contributed by atoms with Gasteiger partial charge in [0.1, 0.15) is 0 Å². The van der Waals surface area contributed by atoms with Crippen molar-refractivity contribution >= 4 is 43.6 Å². The highest BCUT2D eigenvalue weighted by Crippen LogP contribution is 2.65. The van der Waals surface area contributed by atoms with Crippen molar-refractivity contribution in [3.63, 3.8) is 0 Å². The largest absolute Gasteiger partial charge is 0.354 e. The fraction of sp³-hybridized carbons (Fsp3) is 0.0323. The van der Waals surface area contributed by atoms with Crippen LogP contribution in [0.5, 0.6) is 0 Å². The first kappa shape index (κ1) is 33.4. The van der Waals surface area contributed by atoms with Crippen LogP contribution in [0.4, 0.5) is 0 Å². The van der Waals surface area contributed by atoms with Gasteiger partial charge in [0.15, 0.2) is 0 Å². The molecule has 2 heterocycles. The van der Waals surface area contributed by atoms with Crippen LogP contribution in [0, 0.1) is 0 Å². The van der Waals surface area contributed by atoms with Gasteiger partial charge in [-0.1, -0.05) is 182 Å². The Kier molecular flexibility index (Phi) is 5.97. The molecule has 12 aromatic rings. The van der Waals surface area contributed by atoms with Gasteiger partial charge in [-0.15, -0.1) is 0 Å². The van der Waals surface area contributed by atoms with Crippen LogP contribution < -0.4 is 0 Å². The van der Waals surface area contributed by atoms with Crippen molar-refractivity contribution in [2.24, 2.45) is 0 Å². The molecule has 0 saturated carbocycles. The Balaban J connectivity index is 0.877. The van der Waals surface area contributed by atoms with E-state index in [1.165, 1.54) is 133 Å². The first-order valence-corrected chi connectivity index (χ1v) is 22.5. The fourth-order valence-electron chi connectivity index (χ4n) is 13.5. The maximum absolute atomic E-state index is 3.96. The molecule has 4 aliphatic rings. The smallest absolute Gasteiger partial charge is 0.0726 e. The molecule has 0 aliphatic heterocycles. The van der Waals surface area contributed by atoms with Crippen molar-refractivity contribution in [2.45, 2.75) is 10.8 Å². The highest BCUT2D eigenvalue weighted by Gasteiger charge is 2.53. The van der Waals surface area contributed by atoms with Crippen LogP contribution in [0.3, 0.4) is 0 Å². The van der Waals surface area contributed by atoms with Crippen LogP contribution in [-0.4, -0.2) is 9.97 Å². The molecule has 0 radical (unpaired) electrons. The first-order valence-electron chi connectivity index (χ1n) is 22.5. The van der Waals surface area contributed by atoms with Crippen LogP contribution in [0.1, 0.15) is 44.5 Å². The Morgan fingerprint density at radius 1 is 0.250 bits per heavy atom. The van der Waals surface area contributed by atoms with E-state index in [0.717, 1.165) is 11.0 Å². The van der Waals surface area contributed by atoms with Crippen molar-refractivity contribution in [1.82, 2.24) is 9.97 Å². The third kappa shape index (κ3) is 3.68. The van der Waals surface area contributed by atoms with Gasteiger partial charge >= 0.3 is 0 Å². The molecule has 2 nitrogen and oxygen atoms in total. The minimum absolute atomic E-state index is 0.362. The molecule has 294 valence electrons. The van der Waals surface area contributed by atoms with Gasteiger partial charge in [-0.05, 0) is 113 Å². The van der Waals surface area contributed by atoms with Crippen LogP contribution in [-0.2, 0) is 10.8 Å². The number of nitrogens with one attached hydrogen (secondary N) is 2. The van der Waals surface area contributed by atoms with E-state index >= 15 is 0 Å². The summed E-state index contributed by atoms with van der Waals surface area (Å²) >= 11 is 0. The van der Waals surface area contributed by atoms with Gasteiger partial charge < -0.3 is 9.97 Å². The number of aromatic nitrogens is 2. The van der Waals surface area contributed by atoms with E-state index in [9.17, 15) is 0 Å². The van der Waals surface area contributed by atoms with Gasteiger partial charge in [-0.2, -0.15) is 0 Å². The monoisotopic (exact) mass is 808 g/mol.